The first kappa shape index (κ1) is 27.3. The molecule has 3 heterocycles. The van der Waals surface area contributed by atoms with Gasteiger partial charge in [-0.15, -0.1) is 12.4 Å². The summed E-state index contributed by atoms with van der Waals surface area (Å²) in [6, 6.07) is 10.6. The van der Waals surface area contributed by atoms with E-state index >= 15 is 0 Å². The van der Waals surface area contributed by atoms with Crippen LogP contribution in [-0.2, 0) is 23.9 Å². The number of rotatable bonds is 6. The number of pyridine rings is 2. The summed E-state index contributed by atoms with van der Waals surface area (Å²) in [5, 5.41) is 5.25. The number of carbonyl (C=O) groups excluding carboxylic acids is 2. The molecule has 188 valence electrons. The molecular formula is C23H17Cl3F3N5O2. The van der Waals surface area contributed by atoms with Gasteiger partial charge in [-0.3, -0.25) is 14.6 Å². The quantitative estimate of drug-likeness (QED) is 0.323. The molecule has 2 amide bonds. The van der Waals surface area contributed by atoms with Crippen LogP contribution in [0.3, 0.4) is 0 Å². The second-order valence-electron chi connectivity index (χ2n) is 7.38. The SMILES string of the molecule is Cl.O=C(Cc1c(C(F)(F)F)nc2c(NC(=O)c3c(Cl)cccc3Cl)cccn12)NCc1ccncc1. The van der Waals surface area contributed by atoms with E-state index in [1.165, 1.54) is 30.5 Å². The number of amides is 2. The Labute approximate surface area is 219 Å². The number of benzene rings is 1. The number of fused-ring (bicyclic) bond motifs is 1. The first-order valence-electron chi connectivity index (χ1n) is 10.1. The number of hydrogen-bond donors (Lipinski definition) is 2. The number of nitrogens with one attached hydrogen (secondary N) is 2. The predicted molar refractivity (Wildman–Crippen MR) is 132 cm³/mol. The molecule has 0 radical (unpaired) electrons. The van der Waals surface area contributed by atoms with Crippen molar-refractivity contribution in [3.05, 3.63) is 93.6 Å². The van der Waals surface area contributed by atoms with Gasteiger partial charge in [-0.05, 0) is 42.0 Å². The average Bonchev–Trinajstić information content (AvgIpc) is 3.18. The van der Waals surface area contributed by atoms with Gasteiger partial charge >= 0.3 is 6.18 Å². The number of aromatic nitrogens is 3. The second-order valence-corrected chi connectivity index (χ2v) is 8.19. The van der Waals surface area contributed by atoms with Crippen molar-refractivity contribution < 1.29 is 22.8 Å². The topological polar surface area (TPSA) is 88.4 Å². The van der Waals surface area contributed by atoms with Crippen LogP contribution in [0.1, 0.15) is 27.3 Å². The van der Waals surface area contributed by atoms with Crippen LogP contribution < -0.4 is 10.6 Å². The zero-order valence-electron chi connectivity index (χ0n) is 18.1. The highest BCUT2D eigenvalue weighted by atomic mass is 35.5. The molecule has 36 heavy (non-hydrogen) atoms. The maximum Gasteiger partial charge on any atom is 0.435 e. The van der Waals surface area contributed by atoms with Crippen LogP contribution in [0.2, 0.25) is 10.0 Å². The molecule has 7 nitrogen and oxygen atoms in total. The van der Waals surface area contributed by atoms with E-state index in [0.717, 1.165) is 9.96 Å². The Morgan fingerprint density at radius 2 is 1.67 bits per heavy atom. The number of carbonyl (C=O) groups is 2. The standard InChI is InChI=1S/C23H16Cl2F3N5O2.ClH/c24-14-3-1-4-15(25)19(14)22(35)31-16-5-2-10-33-17(20(23(26,27)28)32-21(16)33)11-18(34)30-12-13-6-8-29-9-7-13;/h1-10H,11-12H2,(H,30,34)(H,31,35);1H. The highest BCUT2D eigenvalue weighted by molar-refractivity contribution is 6.40. The van der Waals surface area contributed by atoms with Crippen LogP contribution in [0.15, 0.2) is 61.1 Å². The lowest BCUT2D eigenvalue weighted by molar-refractivity contribution is -0.141. The zero-order valence-corrected chi connectivity index (χ0v) is 20.5. The molecule has 4 aromatic rings. The fourth-order valence-corrected chi connectivity index (χ4v) is 3.99. The van der Waals surface area contributed by atoms with Gasteiger partial charge in [0.1, 0.15) is 0 Å². The Morgan fingerprint density at radius 1 is 1.00 bits per heavy atom. The molecule has 0 spiro atoms. The predicted octanol–water partition coefficient (Wildman–Crippen LogP) is 5.59. The molecule has 0 atom stereocenters. The zero-order chi connectivity index (χ0) is 25.2. The molecule has 0 saturated carbocycles. The Kier molecular flexibility index (Phi) is 8.44. The van der Waals surface area contributed by atoms with E-state index in [0.29, 0.717) is 0 Å². The summed E-state index contributed by atoms with van der Waals surface area (Å²) in [5.74, 6) is -1.35. The van der Waals surface area contributed by atoms with Gasteiger partial charge in [0.15, 0.2) is 11.3 Å². The van der Waals surface area contributed by atoms with Crippen LogP contribution in [0.4, 0.5) is 18.9 Å². The number of anilines is 1. The smallest absolute Gasteiger partial charge is 0.352 e. The summed E-state index contributed by atoms with van der Waals surface area (Å²) in [4.78, 5) is 32.9. The van der Waals surface area contributed by atoms with E-state index in [9.17, 15) is 22.8 Å². The van der Waals surface area contributed by atoms with Gasteiger partial charge in [-0.2, -0.15) is 13.2 Å². The summed E-state index contributed by atoms with van der Waals surface area (Å²) in [7, 11) is 0. The number of halogens is 6. The molecule has 2 N–H and O–H groups in total. The molecule has 13 heteroatoms. The third kappa shape index (κ3) is 5.89. The number of hydrogen-bond acceptors (Lipinski definition) is 4. The van der Waals surface area contributed by atoms with Crippen molar-refractivity contribution in [3.63, 3.8) is 0 Å². The summed E-state index contributed by atoms with van der Waals surface area (Å²) >= 11 is 12.1. The van der Waals surface area contributed by atoms with E-state index in [-0.39, 0.29) is 51.6 Å². The molecule has 4 rings (SSSR count). The Morgan fingerprint density at radius 3 is 2.31 bits per heavy atom. The molecule has 0 aliphatic heterocycles. The lowest BCUT2D eigenvalue weighted by atomic mass is 10.2. The minimum atomic E-state index is -4.83. The maximum absolute atomic E-state index is 13.8. The van der Waals surface area contributed by atoms with Gasteiger partial charge in [-0.25, -0.2) is 4.98 Å². The highest BCUT2D eigenvalue weighted by Crippen LogP contribution is 2.34. The van der Waals surface area contributed by atoms with Crippen molar-refractivity contribution in [2.75, 3.05) is 5.32 Å². The van der Waals surface area contributed by atoms with Crippen LogP contribution >= 0.6 is 35.6 Å². The van der Waals surface area contributed by atoms with E-state index in [1.54, 1.807) is 30.6 Å². The van der Waals surface area contributed by atoms with Crippen LogP contribution in [0.25, 0.3) is 5.65 Å². The van der Waals surface area contributed by atoms with Crippen molar-refractivity contribution in [2.45, 2.75) is 19.1 Å². The molecule has 0 aliphatic rings. The molecular weight excluding hydrogens is 542 g/mol. The van der Waals surface area contributed by atoms with Gasteiger partial charge < -0.3 is 15.0 Å². The number of nitrogens with zero attached hydrogens (tertiary/aromatic N) is 3. The van der Waals surface area contributed by atoms with Crippen LogP contribution in [0, 0.1) is 0 Å². The monoisotopic (exact) mass is 557 g/mol. The lowest BCUT2D eigenvalue weighted by Gasteiger charge is -2.10. The molecule has 0 bridgehead atoms. The van der Waals surface area contributed by atoms with Crippen molar-refractivity contribution in [1.29, 1.82) is 0 Å². The molecule has 0 saturated heterocycles. The van der Waals surface area contributed by atoms with Crippen molar-refractivity contribution in [3.8, 4) is 0 Å². The summed E-state index contributed by atoms with van der Waals surface area (Å²) in [6.45, 7) is 0.124. The normalized spacial score (nSPS) is 11.1. The van der Waals surface area contributed by atoms with E-state index < -0.39 is 30.1 Å². The van der Waals surface area contributed by atoms with Crippen molar-refractivity contribution >= 4 is 58.8 Å². The van der Waals surface area contributed by atoms with Gasteiger partial charge in [0, 0.05) is 25.1 Å². The highest BCUT2D eigenvalue weighted by Gasteiger charge is 2.38. The summed E-state index contributed by atoms with van der Waals surface area (Å²) in [6.07, 6.45) is -1.01. The van der Waals surface area contributed by atoms with E-state index in [4.69, 9.17) is 23.2 Å². The molecule has 0 aliphatic carbocycles. The third-order valence-corrected chi connectivity index (χ3v) is 5.65. The second kappa shape index (κ2) is 11.2. The van der Waals surface area contributed by atoms with Gasteiger partial charge in [-0.1, -0.05) is 29.3 Å². The largest absolute Gasteiger partial charge is 0.435 e. The van der Waals surface area contributed by atoms with Crippen molar-refractivity contribution in [2.24, 2.45) is 0 Å². The third-order valence-electron chi connectivity index (χ3n) is 5.02. The molecule has 3 aromatic heterocycles. The lowest BCUT2D eigenvalue weighted by Crippen LogP contribution is -2.26. The minimum Gasteiger partial charge on any atom is -0.352 e. The first-order valence-corrected chi connectivity index (χ1v) is 10.9. The number of imidazole rings is 1. The van der Waals surface area contributed by atoms with Gasteiger partial charge in [0.2, 0.25) is 5.91 Å². The Balaban J connectivity index is 0.00000361. The first-order chi connectivity index (χ1) is 16.6. The van der Waals surface area contributed by atoms with E-state index in [1.807, 2.05) is 0 Å². The Bertz CT molecular complexity index is 1390. The van der Waals surface area contributed by atoms with Crippen molar-refractivity contribution in [1.82, 2.24) is 19.7 Å². The fourth-order valence-electron chi connectivity index (χ4n) is 3.43. The Hall–Kier alpha value is -3.34. The van der Waals surface area contributed by atoms with Gasteiger partial charge in [0.05, 0.1) is 33.4 Å². The van der Waals surface area contributed by atoms with Crippen LogP contribution in [0.5, 0.6) is 0 Å². The number of alkyl halides is 3. The summed E-state index contributed by atoms with van der Waals surface area (Å²) in [5.41, 5.74) is -1.08. The van der Waals surface area contributed by atoms with Gasteiger partial charge in [0.25, 0.3) is 5.91 Å². The molecule has 0 unspecified atom stereocenters. The van der Waals surface area contributed by atoms with E-state index in [2.05, 4.69) is 20.6 Å². The summed E-state index contributed by atoms with van der Waals surface area (Å²) < 4.78 is 42.6. The average molecular weight is 559 g/mol. The fraction of sp³-hybridized carbons (Fsp3) is 0.130. The minimum absolute atomic E-state index is 0. The molecule has 1 aromatic carbocycles. The van der Waals surface area contributed by atoms with Crippen LogP contribution in [-0.4, -0.2) is 26.2 Å². The molecule has 0 fully saturated rings. The maximum atomic E-state index is 13.8.